The summed E-state index contributed by atoms with van der Waals surface area (Å²) in [5, 5.41) is 8.44. The molecule has 0 heterocycles. The van der Waals surface area contributed by atoms with E-state index in [1.807, 2.05) is 24.3 Å². The van der Waals surface area contributed by atoms with Crippen LogP contribution in [0, 0.1) is 0 Å². The Morgan fingerprint density at radius 1 is 1.10 bits per heavy atom. The fourth-order valence-corrected chi connectivity index (χ4v) is 2.68. The normalized spacial score (nSPS) is 10.5. The van der Waals surface area contributed by atoms with Gasteiger partial charge in [-0.3, -0.25) is 14.9 Å². The molecule has 2 aromatic rings. The molecule has 0 aromatic heterocycles. The van der Waals surface area contributed by atoms with Crippen LogP contribution in [0.3, 0.4) is 0 Å². The number of carbonyl (C=O) groups is 2. The SMILES string of the molecule is COCCCNC(=O)c1cccc(NC(=S)NC(=O)/C=C/c2ccc(OC)cc2)c1. The van der Waals surface area contributed by atoms with Crippen LogP contribution >= 0.6 is 12.2 Å². The lowest BCUT2D eigenvalue weighted by Gasteiger charge is -2.10. The number of amides is 2. The molecule has 0 aliphatic carbocycles. The van der Waals surface area contributed by atoms with Crippen molar-refractivity contribution < 1.29 is 19.1 Å². The molecule has 0 bridgehead atoms. The number of hydrogen-bond donors (Lipinski definition) is 3. The van der Waals surface area contributed by atoms with Gasteiger partial charge in [0.05, 0.1) is 7.11 Å². The highest BCUT2D eigenvalue weighted by Gasteiger charge is 2.07. The molecule has 0 aliphatic rings. The predicted molar refractivity (Wildman–Crippen MR) is 122 cm³/mol. The van der Waals surface area contributed by atoms with Crippen LogP contribution in [0.5, 0.6) is 5.75 Å². The van der Waals surface area contributed by atoms with Crippen LogP contribution in [-0.4, -0.2) is 44.3 Å². The van der Waals surface area contributed by atoms with Crippen molar-refractivity contribution >= 4 is 40.9 Å². The summed E-state index contributed by atoms with van der Waals surface area (Å²) >= 11 is 5.18. The Morgan fingerprint density at radius 2 is 1.87 bits per heavy atom. The van der Waals surface area contributed by atoms with Crippen LogP contribution in [-0.2, 0) is 9.53 Å². The second-order valence-electron chi connectivity index (χ2n) is 6.23. The van der Waals surface area contributed by atoms with Crippen molar-refractivity contribution in [3.8, 4) is 5.75 Å². The molecule has 3 N–H and O–H groups in total. The van der Waals surface area contributed by atoms with Gasteiger partial charge in [-0.2, -0.15) is 0 Å². The van der Waals surface area contributed by atoms with Crippen LogP contribution in [0.15, 0.2) is 54.6 Å². The highest BCUT2D eigenvalue weighted by molar-refractivity contribution is 7.80. The maximum absolute atomic E-state index is 12.2. The summed E-state index contributed by atoms with van der Waals surface area (Å²) in [5.41, 5.74) is 1.95. The van der Waals surface area contributed by atoms with Crippen molar-refractivity contribution in [2.75, 3.05) is 32.7 Å². The van der Waals surface area contributed by atoms with Gasteiger partial charge in [-0.05, 0) is 60.6 Å². The van der Waals surface area contributed by atoms with E-state index in [1.54, 1.807) is 44.6 Å². The molecule has 0 fully saturated rings. The summed E-state index contributed by atoms with van der Waals surface area (Å²) in [6.07, 6.45) is 3.80. The van der Waals surface area contributed by atoms with Gasteiger partial charge in [0.2, 0.25) is 5.91 Å². The molecule has 8 heteroatoms. The number of anilines is 1. The van der Waals surface area contributed by atoms with Crippen molar-refractivity contribution in [2.45, 2.75) is 6.42 Å². The topological polar surface area (TPSA) is 88.7 Å². The highest BCUT2D eigenvalue weighted by Crippen LogP contribution is 2.12. The van der Waals surface area contributed by atoms with Crippen LogP contribution in [0.1, 0.15) is 22.3 Å². The molecule has 0 atom stereocenters. The number of methoxy groups -OCH3 is 2. The van der Waals surface area contributed by atoms with E-state index >= 15 is 0 Å². The second-order valence-corrected chi connectivity index (χ2v) is 6.64. The van der Waals surface area contributed by atoms with E-state index in [0.29, 0.717) is 24.4 Å². The molecule has 7 nitrogen and oxygen atoms in total. The molecule has 0 spiro atoms. The van der Waals surface area contributed by atoms with Crippen molar-refractivity contribution in [2.24, 2.45) is 0 Å². The minimum atomic E-state index is -0.365. The number of carbonyl (C=O) groups excluding carboxylic acids is 2. The van der Waals surface area contributed by atoms with E-state index in [-0.39, 0.29) is 16.9 Å². The zero-order valence-electron chi connectivity index (χ0n) is 16.9. The van der Waals surface area contributed by atoms with Gasteiger partial charge in [-0.1, -0.05) is 18.2 Å². The van der Waals surface area contributed by atoms with E-state index in [1.165, 1.54) is 6.08 Å². The zero-order valence-corrected chi connectivity index (χ0v) is 17.8. The van der Waals surface area contributed by atoms with Gasteiger partial charge in [-0.25, -0.2) is 0 Å². The summed E-state index contributed by atoms with van der Waals surface area (Å²) < 4.78 is 10.1. The second kappa shape index (κ2) is 12.4. The van der Waals surface area contributed by atoms with Gasteiger partial charge in [0.15, 0.2) is 5.11 Å². The Balaban J connectivity index is 1.85. The first-order chi connectivity index (χ1) is 14.5. The van der Waals surface area contributed by atoms with Crippen LogP contribution in [0.25, 0.3) is 6.08 Å². The Kier molecular flexibility index (Phi) is 9.50. The van der Waals surface area contributed by atoms with Crippen molar-refractivity contribution in [3.05, 3.63) is 65.7 Å². The lowest BCUT2D eigenvalue weighted by atomic mass is 10.2. The van der Waals surface area contributed by atoms with Gasteiger partial charge in [0, 0.05) is 37.6 Å². The minimum absolute atomic E-state index is 0.136. The van der Waals surface area contributed by atoms with E-state index in [4.69, 9.17) is 21.7 Å². The monoisotopic (exact) mass is 427 g/mol. The van der Waals surface area contributed by atoms with Gasteiger partial charge >= 0.3 is 0 Å². The quantitative estimate of drug-likeness (QED) is 0.324. The molecule has 2 rings (SSSR count). The Hall–Kier alpha value is -3.23. The average Bonchev–Trinajstić information content (AvgIpc) is 2.75. The highest BCUT2D eigenvalue weighted by atomic mass is 32.1. The van der Waals surface area contributed by atoms with Crippen LogP contribution in [0.4, 0.5) is 5.69 Å². The average molecular weight is 428 g/mol. The summed E-state index contributed by atoms with van der Waals surface area (Å²) in [6, 6.07) is 14.2. The molecule has 0 saturated carbocycles. The fourth-order valence-electron chi connectivity index (χ4n) is 2.46. The third-order valence-electron chi connectivity index (χ3n) is 3.97. The number of thiocarbonyl (C=S) groups is 1. The first kappa shape index (κ1) is 23.1. The smallest absolute Gasteiger partial charge is 0.251 e. The third-order valence-corrected chi connectivity index (χ3v) is 4.18. The van der Waals surface area contributed by atoms with E-state index in [0.717, 1.165) is 17.7 Å². The molecule has 2 aromatic carbocycles. The predicted octanol–water partition coefficient (Wildman–Crippen LogP) is 2.99. The Morgan fingerprint density at radius 3 is 2.57 bits per heavy atom. The maximum Gasteiger partial charge on any atom is 0.251 e. The number of benzene rings is 2. The van der Waals surface area contributed by atoms with Gasteiger partial charge in [0.25, 0.3) is 5.91 Å². The zero-order chi connectivity index (χ0) is 21.8. The molecule has 0 saturated heterocycles. The van der Waals surface area contributed by atoms with Crippen molar-refractivity contribution in [3.63, 3.8) is 0 Å². The minimum Gasteiger partial charge on any atom is -0.497 e. The summed E-state index contributed by atoms with van der Waals surface area (Å²) in [6.45, 7) is 1.11. The lowest BCUT2D eigenvalue weighted by Crippen LogP contribution is -2.33. The fraction of sp³-hybridized carbons (Fsp3) is 0.227. The van der Waals surface area contributed by atoms with Gasteiger partial charge in [-0.15, -0.1) is 0 Å². The Labute approximate surface area is 181 Å². The number of ether oxygens (including phenoxy) is 2. The van der Waals surface area contributed by atoms with E-state index < -0.39 is 0 Å². The molecule has 158 valence electrons. The lowest BCUT2D eigenvalue weighted by molar-refractivity contribution is -0.115. The maximum atomic E-state index is 12.2. The summed E-state index contributed by atoms with van der Waals surface area (Å²) in [7, 11) is 3.21. The summed E-state index contributed by atoms with van der Waals surface area (Å²) in [5.74, 6) is 0.190. The standard InChI is InChI=1S/C22H25N3O4S/c1-28-14-4-13-23-21(27)17-5-3-6-18(15-17)24-22(30)25-20(26)12-9-16-7-10-19(29-2)11-8-16/h3,5-12,15H,4,13-14H2,1-2H3,(H,23,27)(H2,24,25,26,30)/b12-9+. The molecular weight excluding hydrogens is 402 g/mol. The third kappa shape index (κ3) is 8.02. The first-order valence-corrected chi connectivity index (χ1v) is 9.74. The molecule has 0 unspecified atom stereocenters. The number of nitrogens with one attached hydrogen (secondary N) is 3. The summed E-state index contributed by atoms with van der Waals surface area (Å²) in [4.78, 5) is 24.2. The van der Waals surface area contributed by atoms with Crippen molar-refractivity contribution in [1.82, 2.24) is 10.6 Å². The van der Waals surface area contributed by atoms with Gasteiger partial charge < -0.3 is 20.1 Å². The van der Waals surface area contributed by atoms with E-state index in [9.17, 15) is 9.59 Å². The van der Waals surface area contributed by atoms with E-state index in [2.05, 4.69) is 16.0 Å². The molecular formula is C22H25N3O4S. The first-order valence-electron chi connectivity index (χ1n) is 9.33. The molecule has 30 heavy (non-hydrogen) atoms. The largest absolute Gasteiger partial charge is 0.497 e. The number of rotatable bonds is 9. The molecule has 0 aliphatic heterocycles. The van der Waals surface area contributed by atoms with Crippen molar-refractivity contribution in [1.29, 1.82) is 0 Å². The number of hydrogen-bond acceptors (Lipinski definition) is 5. The van der Waals surface area contributed by atoms with Gasteiger partial charge in [0.1, 0.15) is 5.75 Å². The Bertz CT molecular complexity index is 898. The van der Waals surface area contributed by atoms with Crippen LogP contribution in [0.2, 0.25) is 0 Å². The molecule has 0 radical (unpaired) electrons. The van der Waals surface area contributed by atoms with Crippen LogP contribution < -0.4 is 20.7 Å². The molecule has 2 amide bonds.